The summed E-state index contributed by atoms with van der Waals surface area (Å²) in [6, 6.07) is 16.9. The summed E-state index contributed by atoms with van der Waals surface area (Å²) in [4.78, 5) is 0. The predicted molar refractivity (Wildman–Crippen MR) is 75.9 cm³/mol. The number of phenolic OH excluding ortho intramolecular Hbond substituents is 1. The molecule has 0 aliphatic heterocycles. The molecule has 0 saturated carbocycles. The van der Waals surface area contributed by atoms with Crippen LogP contribution in [0.4, 0.5) is 5.69 Å². The van der Waals surface area contributed by atoms with Gasteiger partial charge in [-0.15, -0.1) is 0 Å². The quantitative estimate of drug-likeness (QED) is 0.869. The minimum Gasteiger partial charge on any atom is -0.508 e. The molecule has 0 aliphatic rings. The summed E-state index contributed by atoms with van der Waals surface area (Å²) in [5.41, 5.74) is 2.69. The van der Waals surface area contributed by atoms with Crippen LogP contribution < -0.4 is 5.32 Å². The molecule has 3 nitrogen and oxygen atoms in total. The van der Waals surface area contributed by atoms with Crippen molar-refractivity contribution in [2.24, 2.45) is 0 Å². The molecule has 2 aromatic carbocycles. The highest BCUT2D eigenvalue weighted by atomic mass is 16.3. The van der Waals surface area contributed by atoms with Crippen LogP contribution in [0.1, 0.15) is 30.5 Å². The van der Waals surface area contributed by atoms with Crippen LogP contribution in [-0.2, 0) is 0 Å². The SMILES string of the molecule is CCC(Nc1cccc(C#N)c1)c1ccc(O)cc1. The second kappa shape index (κ2) is 5.92. The minimum absolute atomic E-state index is 0.162. The Hall–Kier alpha value is -2.47. The summed E-state index contributed by atoms with van der Waals surface area (Å²) in [7, 11) is 0. The third-order valence-corrected chi connectivity index (χ3v) is 3.04. The van der Waals surface area contributed by atoms with Crippen molar-refractivity contribution in [3.05, 3.63) is 59.7 Å². The summed E-state index contributed by atoms with van der Waals surface area (Å²) < 4.78 is 0. The highest BCUT2D eigenvalue weighted by Crippen LogP contribution is 2.24. The van der Waals surface area contributed by atoms with E-state index in [1.54, 1.807) is 18.2 Å². The van der Waals surface area contributed by atoms with Crippen LogP contribution in [0.5, 0.6) is 5.75 Å². The second-order valence-electron chi connectivity index (χ2n) is 4.39. The summed E-state index contributed by atoms with van der Waals surface area (Å²) in [5, 5.41) is 21.6. The zero-order chi connectivity index (χ0) is 13.7. The van der Waals surface area contributed by atoms with Gasteiger partial charge in [-0.2, -0.15) is 5.26 Å². The van der Waals surface area contributed by atoms with Gasteiger partial charge in [0.15, 0.2) is 0 Å². The summed E-state index contributed by atoms with van der Waals surface area (Å²) in [5.74, 6) is 0.269. The molecule has 0 bridgehead atoms. The van der Waals surface area contributed by atoms with Crippen LogP contribution >= 0.6 is 0 Å². The zero-order valence-corrected chi connectivity index (χ0v) is 10.8. The summed E-state index contributed by atoms with van der Waals surface area (Å²) >= 11 is 0. The average Bonchev–Trinajstić information content (AvgIpc) is 2.46. The van der Waals surface area contributed by atoms with Gasteiger partial charge in [0.25, 0.3) is 0 Å². The fourth-order valence-corrected chi connectivity index (χ4v) is 2.01. The average molecular weight is 252 g/mol. The van der Waals surface area contributed by atoms with Gasteiger partial charge < -0.3 is 10.4 Å². The van der Waals surface area contributed by atoms with E-state index in [4.69, 9.17) is 5.26 Å². The number of hydrogen-bond donors (Lipinski definition) is 2. The van der Waals surface area contributed by atoms with Gasteiger partial charge in [0.05, 0.1) is 17.7 Å². The van der Waals surface area contributed by atoms with E-state index in [2.05, 4.69) is 18.3 Å². The van der Waals surface area contributed by atoms with Crippen LogP contribution in [0.2, 0.25) is 0 Å². The molecule has 0 spiro atoms. The number of phenols is 1. The van der Waals surface area contributed by atoms with Crippen molar-refractivity contribution in [2.45, 2.75) is 19.4 Å². The molecule has 0 aliphatic carbocycles. The number of nitrogens with zero attached hydrogens (tertiary/aromatic N) is 1. The Kier molecular flexibility index (Phi) is 4.04. The van der Waals surface area contributed by atoms with Crippen LogP contribution in [0, 0.1) is 11.3 Å². The molecule has 0 radical (unpaired) electrons. The molecule has 0 fully saturated rings. The summed E-state index contributed by atoms with van der Waals surface area (Å²) in [6.45, 7) is 2.10. The first-order valence-electron chi connectivity index (χ1n) is 6.28. The number of benzene rings is 2. The Bertz CT molecular complexity index is 584. The van der Waals surface area contributed by atoms with Crippen LogP contribution in [0.3, 0.4) is 0 Å². The predicted octanol–water partition coefficient (Wildman–Crippen LogP) is 3.83. The van der Waals surface area contributed by atoms with Crippen LogP contribution in [-0.4, -0.2) is 5.11 Å². The number of anilines is 1. The van der Waals surface area contributed by atoms with E-state index in [1.807, 2.05) is 30.3 Å². The van der Waals surface area contributed by atoms with Crippen molar-refractivity contribution in [1.29, 1.82) is 5.26 Å². The van der Waals surface area contributed by atoms with Gasteiger partial charge in [-0.05, 0) is 42.3 Å². The molecule has 0 amide bonds. The van der Waals surface area contributed by atoms with Gasteiger partial charge >= 0.3 is 0 Å². The van der Waals surface area contributed by atoms with Crippen molar-refractivity contribution in [1.82, 2.24) is 0 Å². The van der Waals surface area contributed by atoms with E-state index >= 15 is 0 Å². The van der Waals surface area contributed by atoms with Gasteiger partial charge in [0.2, 0.25) is 0 Å². The Morgan fingerprint density at radius 1 is 1.21 bits per heavy atom. The van der Waals surface area contributed by atoms with Crippen LogP contribution in [0.25, 0.3) is 0 Å². The van der Waals surface area contributed by atoms with Crippen LogP contribution in [0.15, 0.2) is 48.5 Å². The fourth-order valence-electron chi connectivity index (χ4n) is 2.01. The smallest absolute Gasteiger partial charge is 0.115 e. The fraction of sp³-hybridized carbons (Fsp3) is 0.188. The van der Waals surface area contributed by atoms with E-state index in [0.29, 0.717) is 5.56 Å². The van der Waals surface area contributed by atoms with Crippen molar-refractivity contribution in [3.8, 4) is 11.8 Å². The molecule has 2 N–H and O–H groups in total. The molecule has 2 rings (SSSR count). The highest BCUT2D eigenvalue weighted by Gasteiger charge is 2.09. The normalized spacial score (nSPS) is 11.6. The van der Waals surface area contributed by atoms with Crippen molar-refractivity contribution < 1.29 is 5.11 Å². The molecule has 0 aromatic heterocycles. The third kappa shape index (κ3) is 3.26. The van der Waals surface area contributed by atoms with Crippen molar-refractivity contribution >= 4 is 5.69 Å². The van der Waals surface area contributed by atoms with E-state index in [9.17, 15) is 5.11 Å². The first-order valence-corrected chi connectivity index (χ1v) is 6.28. The van der Waals surface area contributed by atoms with E-state index in [1.165, 1.54) is 0 Å². The molecule has 0 heterocycles. The maximum Gasteiger partial charge on any atom is 0.115 e. The summed E-state index contributed by atoms with van der Waals surface area (Å²) in [6.07, 6.45) is 0.918. The molecule has 0 saturated heterocycles. The largest absolute Gasteiger partial charge is 0.508 e. The molecular formula is C16H16N2O. The number of aromatic hydroxyl groups is 1. The number of nitrogens with one attached hydrogen (secondary N) is 1. The molecule has 19 heavy (non-hydrogen) atoms. The van der Waals surface area contributed by atoms with Gasteiger partial charge in [-0.1, -0.05) is 25.1 Å². The molecular weight excluding hydrogens is 236 g/mol. The van der Waals surface area contributed by atoms with Crippen molar-refractivity contribution in [3.63, 3.8) is 0 Å². The molecule has 3 heteroatoms. The highest BCUT2D eigenvalue weighted by molar-refractivity contribution is 5.50. The zero-order valence-electron chi connectivity index (χ0n) is 10.8. The molecule has 96 valence electrons. The minimum atomic E-state index is 0.162. The van der Waals surface area contributed by atoms with E-state index in [0.717, 1.165) is 17.7 Å². The lowest BCUT2D eigenvalue weighted by Crippen LogP contribution is -2.09. The number of hydrogen-bond acceptors (Lipinski definition) is 3. The van der Waals surface area contributed by atoms with E-state index < -0.39 is 0 Å². The van der Waals surface area contributed by atoms with Gasteiger partial charge in [-0.3, -0.25) is 0 Å². The molecule has 2 aromatic rings. The molecule has 1 unspecified atom stereocenters. The Morgan fingerprint density at radius 2 is 1.95 bits per heavy atom. The number of nitriles is 1. The second-order valence-corrected chi connectivity index (χ2v) is 4.39. The number of rotatable bonds is 4. The first kappa shape index (κ1) is 13.0. The lowest BCUT2D eigenvalue weighted by atomic mass is 10.0. The lowest BCUT2D eigenvalue weighted by Gasteiger charge is -2.19. The topological polar surface area (TPSA) is 56.0 Å². The standard InChI is InChI=1S/C16H16N2O/c1-2-16(13-6-8-15(19)9-7-13)18-14-5-3-4-12(10-14)11-17/h3-10,16,18-19H,2H2,1H3. The monoisotopic (exact) mass is 252 g/mol. The molecule has 1 atom stereocenters. The van der Waals surface area contributed by atoms with E-state index in [-0.39, 0.29) is 11.8 Å². The maximum absolute atomic E-state index is 9.31. The maximum atomic E-state index is 9.31. The lowest BCUT2D eigenvalue weighted by molar-refractivity contribution is 0.475. The van der Waals surface area contributed by atoms with Crippen molar-refractivity contribution in [2.75, 3.05) is 5.32 Å². The Balaban J connectivity index is 2.19. The Morgan fingerprint density at radius 3 is 2.58 bits per heavy atom. The van der Waals surface area contributed by atoms with Gasteiger partial charge in [0.1, 0.15) is 5.75 Å². The van der Waals surface area contributed by atoms with Gasteiger partial charge in [0, 0.05) is 5.69 Å². The third-order valence-electron chi connectivity index (χ3n) is 3.04. The Labute approximate surface area is 113 Å². The first-order chi connectivity index (χ1) is 9.22. The van der Waals surface area contributed by atoms with Gasteiger partial charge in [-0.25, -0.2) is 0 Å².